The van der Waals surface area contributed by atoms with Crippen LogP contribution in [0.15, 0.2) is 58.7 Å². The van der Waals surface area contributed by atoms with Gasteiger partial charge in [0.2, 0.25) is 0 Å². The number of fused-ring (bicyclic) bond motifs is 2. The molecule has 0 aromatic heterocycles. The van der Waals surface area contributed by atoms with Crippen molar-refractivity contribution >= 4 is 23.4 Å². The Labute approximate surface area is 158 Å². The van der Waals surface area contributed by atoms with Gasteiger partial charge in [0.25, 0.3) is 0 Å². The average Bonchev–Trinajstić information content (AvgIpc) is 3.09. The number of hydrogen-bond acceptors (Lipinski definition) is 4. The smallest absolute Gasteiger partial charge is 0.349 e. The summed E-state index contributed by atoms with van der Waals surface area (Å²) in [6.45, 7) is 5.43. The zero-order valence-electron chi connectivity index (χ0n) is 14.8. The molecule has 2 bridgehead atoms. The zero-order chi connectivity index (χ0) is 19.3. The van der Waals surface area contributed by atoms with E-state index in [0.29, 0.717) is 23.0 Å². The van der Waals surface area contributed by atoms with Crippen LogP contribution in [-0.2, 0) is 14.3 Å². The summed E-state index contributed by atoms with van der Waals surface area (Å²) in [5, 5.41) is 0.581. The highest BCUT2D eigenvalue weighted by Crippen LogP contribution is 2.31. The van der Waals surface area contributed by atoms with Gasteiger partial charge in [-0.25, -0.2) is 4.79 Å². The third-order valence-electron chi connectivity index (χ3n) is 3.64. The van der Waals surface area contributed by atoms with Crippen molar-refractivity contribution in [2.75, 3.05) is 6.61 Å². The minimum atomic E-state index is -1.01. The van der Waals surface area contributed by atoms with Crippen LogP contribution in [0.4, 0.5) is 0 Å². The van der Waals surface area contributed by atoms with Crippen molar-refractivity contribution in [3.8, 4) is 18.1 Å². The number of carbonyl (C=O) groups is 2. The number of rotatable bonds is 4. The SMILES string of the molecule is C#Cc1ccc(OC(C)(C)C(=O)OCC)cc1.O=C1C2=CC(Cl)=C1C=C2. The Balaban J connectivity index is 0.000000223. The maximum atomic E-state index is 11.6. The van der Waals surface area contributed by atoms with Crippen LogP contribution >= 0.6 is 11.6 Å². The average molecular weight is 371 g/mol. The van der Waals surface area contributed by atoms with E-state index in [0.717, 1.165) is 11.1 Å². The van der Waals surface area contributed by atoms with Crippen LogP contribution in [0, 0.1) is 12.3 Å². The van der Waals surface area contributed by atoms with Gasteiger partial charge < -0.3 is 9.47 Å². The largest absolute Gasteiger partial charge is 0.476 e. The first-order chi connectivity index (χ1) is 12.3. The van der Waals surface area contributed by atoms with Crippen molar-refractivity contribution in [1.82, 2.24) is 0 Å². The number of hydrogen-bond donors (Lipinski definition) is 0. The second kappa shape index (κ2) is 8.07. The van der Waals surface area contributed by atoms with Gasteiger partial charge in [0.1, 0.15) is 5.75 Å². The molecule has 3 rings (SSSR count). The summed E-state index contributed by atoms with van der Waals surface area (Å²) in [6, 6.07) is 6.99. The summed E-state index contributed by atoms with van der Waals surface area (Å²) in [5.41, 5.74) is 1.13. The standard InChI is InChI=1S/C14H16O3.C7H3ClO/c1-5-11-7-9-12(10-8-11)17-14(3,4)13(15)16-6-2;8-6-3-4-1-2-5(6)7(4)9/h1,7-10H,6H2,2-4H3;1-3H. The van der Waals surface area contributed by atoms with Crippen molar-refractivity contribution in [1.29, 1.82) is 0 Å². The minimum Gasteiger partial charge on any atom is -0.476 e. The van der Waals surface area contributed by atoms with E-state index < -0.39 is 5.60 Å². The minimum absolute atomic E-state index is 0.0694. The van der Waals surface area contributed by atoms with E-state index in [1.54, 1.807) is 63.3 Å². The number of halogens is 1. The molecule has 0 fully saturated rings. The lowest BCUT2D eigenvalue weighted by Crippen LogP contribution is -2.39. The maximum Gasteiger partial charge on any atom is 0.349 e. The Morgan fingerprint density at radius 1 is 1.23 bits per heavy atom. The van der Waals surface area contributed by atoms with Crippen molar-refractivity contribution in [2.24, 2.45) is 0 Å². The number of allylic oxidation sites excluding steroid dienone is 6. The van der Waals surface area contributed by atoms with Gasteiger partial charge in [-0.3, -0.25) is 4.79 Å². The highest BCUT2D eigenvalue weighted by molar-refractivity contribution is 6.38. The number of ketones is 1. The van der Waals surface area contributed by atoms with Crippen LogP contribution in [0.5, 0.6) is 5.75 Å². The van der Waals surface area contributed by atoms with Crippen molar-refractivity contribution < 1.29 is 19.1 Å². The molecule has 1 aromatic carbocycles. The highest BCUT2D eigenvalue weighted by atomic mass is 35.5. The third-order valence-corrected chi connectivity index (χ3v) is 3.95. The van der Waals surface area contributed by atoms with E-state index in [4.69, 9.17) is 27.5 Å². The Morgan fingerprint density at radius 2 is 1.88 bits per heavy atom. The molecule has 0 N–H and O–H groups in total. The number of benzene rings is 1. The van der Waals surface area contributed by atoms with Crippen LogP contribution in [-0.4, -0.2) is 24.0 Å². The quantitative estimate of drug-likeness (QED) is 0.595. The number of carbonyl (C=O) groups excluding carboxylic acids is 2. The second-order valence-electron chi connectivity index (χ2n) is 6.03. The summed E-state index contributed by atoms with van der Waals surface area (Å²) in [5.74, 6) is 2.78. The number of Topliss-reactive ketones (excluding diaryl/α,β-unsaturated/α-hetero) is 1. The van der Waals surface area contributed by atoms with E-state index in [2.05, 4.69) is 5.92 Å². The molecule has 4 nitrogen and oxygen atoms in total. The van der Waals surface area contributed by atoms with Crippen molar-refractivity contribution in [3.05, 3.63) is 64.2 Å². The Kier molecular flexibility index (Phi) is 6.07. The van der Waals surface area contributed by atoms with E-state index in [-0.39, 0.29) is 11.8 Å². The van der Waals surface area contributed by atoms with Gasteiger partial charge >= 0.3 is 5.97 Å². The fourth-order valence-electron chi connectivity index (χ4n) is 2.26. The van der Waals surface area contributed by atoms with E-state index in [9.17, 15) is 9.59 Å². The van der Waals surface area contributed by atoms with Gasteiger partial charge in [-0.2, -0.15) is 0 Å². The maximum absolute atomic E-state index is 11.6. The molecule has 1 aromatic rings. The lowest BCUT2D eigenvalue weighted by atomic mass is 10.1. The molecule has 0 atom stereocenters. The molecule has 2 aliphatic rings. The first kappa shape index (κ1) is 19.6. The van der Waals surface area contributed by atoms with Gasteiger partial charge in [-0.05, 0) is 57.2 Å². The predicted octanol–water partition coefficient (Wildman–Crippen LogP) is 3.95. The Hall–Kier alpha value is -2.77. The topological polar surface area (TPSA) is 52.6 Å². The lowest BCUT2D eigenvalue weighted by molar-refractivity contribution is -0.158. The van der Waals surface area contributed by atoms with Gasteiger partial charge in [-0.15, -0.1) is 6.42 Å². The molecule has 0 saturated carbocycles. The molecule has 5 heteroatoms. The van der Waals surface area contributed by atoms with Gasteiger partial charge in [0, 0.05) is 16.7 Å². The molecule has 0 spiro atoms. The molecule has 134 valence electrons. The zero-order valence-corrected chi connectivity index (χ0v) is 15.6. The van der Waals surface area contributed by atoms with Crippen molar-refractivity contribution in [2.45, 2.75) is 26.4 Å². The summed E-state index contributed by atoms with van der Waals surface area (Å²) < 4.78 is 10.5. The lowest BCUT2D eigenvalue weighted by Gasteiger charge is -2.24. The fraction of sp³-hybridized carbons (Fsp3) is 0.238. The predicted molar refractivity (Wildman–Crippen MR) is 101 cm³/mol. The highest BCUT2D eigenvalue weighted by Gasteiger charge is 2.31. The summed E-state index contributed by atoms with van der Waals surface area (Å²) >= 11 is 5.63. The van der Waals surface area contributed by atoms with Gasteiger partial charge in [0.15, 0.2) is 11.4 Å². The molecule has 0 heterocycles. The first-order valence-electron chi connectivity index (χ1n) is 8.05. The van der Waals surface area contributed by atoms with Gasteiger partial charge in [0.05, 0.1) is 11.6 Å². The van der Waals surface area contributed by atoms with Crippen LogP contribution in [0.3, 0.4) is 0 Å². The first-order valence-corrected chi connectivity index (χ1v) is 8.43. The molecular formula is C21H19ClO4. The van der Waals surface area contributed by atoms with Crippen LogP contribution in [0.2, 0.25) is 0 Å². The van der Waals surface area contributed by atoms with Crippen LogP contribution in [0.25, 0.3) is 0 Å². The van der Waals surface area contributed by atoms with E-state index >= 15 is 0 Å². The summed E-state index contributed by atoms with van der Waals surface area (Å²) in [4.78, 5) is 22.5. The second-order valence-corrected chi connectivity index (χ2v) is 6.43. The summed E-state index contributed by atoms with van der Waals surface area (Å²) in [7, 11) is 0. The number of ether oxygens (including phenoxy) is 2. The Bertz CT molecular complexity index is 849. The molecule has 2 aliphatic carbocycles. The fourth-order valence-corrected chi connectivity index (χ4v) is 2.52. The molecule has 0 radical (unpaired) electrons. The molecule has 0 aliphatic heterocycles. The van der Waals surface area contributed by atoms with E-state index in [1.165, 1.54) is 0 Å². The monoisotopic (exact) mass is 370 g/mol. The van der Waals surface area contributed by atoms with Crippen LogP contribution in [0.1, 0.15) is 26.3 Å². The molecule has 0 amide bonds. The third kappa shape index (κ3) is 4.44. The Morgan fingerprint density at radius 3 is 2.27 bits per heavy atom. The van der Waals surface area contributed by atoms with Gasteiger partial charge in [-0.1, -0.05) is 23.6 Å². The molecule has 0 unspecified atom stereocenters. The van der Waals surface area contributed by atoms with Crippen LogP contribution < -0.4 is 4.74 Å². The number of esters is 1. The van der Waals surface area contributed by atoms with E-state index in [1.807, 2.05) is 0 Å². The molecular weight excluding hydrogens is 352 g/mol. The molecule has 26 heavy (non-hydrogen) atoms. The normalized spacial score (nSPS) is 14.4. The summed E-state index contributed by atoms with van der Waals surface area (Å²) in [6.07, 6.45) is 10.5. The van der Waals surface area contributed by atoms with Crippen molar-refractivity contribution in [3.63, 3.8) is 0 Å². The number of terminal acetylenes is 1. The molecule has 0 saturated heterocycles.